The molecular formula is C20H20N2OS. The highest BCUT2D eigenvalue weighted by Crippen LogP contribution is 2.24. The van der Waals surface area contributed by atoms with Gasteiger partial charge in [0.2, 0.25) is 0 Å². The molecule has 0 saturated carbocycles. The van der Waals surface area contributed by atoms with Crippen LogP contribution in [0.5, 0.6) is 5.75 Å². The second-order valence-electron chi connectivity index (χ2n) is 5.62. The van der Waals surface area contributed by atoms with Crippen LogP contribution in [0.2, 0.25) is 0 Å². The van der Waals surface area contributed by atoms with Gasteiger partial charge in [-0.3, -0.25) is 0 Å². The molecule has 1 heterocycles. The Labute approximate surface area is 147 Å². The predicted octanol–water partition coefficient (Wildman–Crippen LogP) is 4.46. The van der Waals surface area contributed by atoms with Crippen molar-refractivity contribution in [2.75, 3.05) is 12.4 Å². The normalized spacial score (nSPS) is 10.7. The van der Waals surface area contributed by atoms with Crippen LogP contribution >= 0.6 is 11.8 Å². The van der Waals surface area contributed by atoms with Crippen LogP contribution in [0.3, 0.4) is 0 Å². The zero-order valence-corrected chi connectivity index (χ0v) is 14.8. The van der Waals surface area contributed by atoms with E-state index in [4.69, 9.17) is 11.2 Å². The van der Waals surface area contributed by atoms with Gasteiger partial charge in [0.25, 0.3) is 0 Å². The van der Waals surface area contributed by atoms with Crippen LogP contribution < -0.4 is 4.74 Å². The number of fused-ring (bicyclic) bond motifs is 1. The maximum absolute atomic E-state index is 5.84. The summed E-state index contributed by atoms with van der Waals surface area (Å²) >= 11 is 1.67. The number of terminal acetylenes is 1. The molecule has 3 rings (SSSR count). The largest absolute Gasteiger partial charge is 0.493 e. The van der Waals surface area contributed by atoms with Crippen molar-refractivity contribution in [1.82, 2.24) is 9.55 Å². The highest BCUT2D eigenvalue weighted by atomic mass is 32.2. The van der Waals surface area contributed by atoms with Crippen molar-refractivity contribution in [3.63, 3.8) is 0 Å². The molecule has 0 radical (unpaired) electrons. The monoisotopic (exact) mass is 336 g/mol. The van der Waals surface area contributed by atoms with E-state index in [0.29, 0.717) is 13.2 Å². The SMILES string of the molecule is C#CCn1c(SCCOc2ccc(C)c(C)c2)nc2ccccc21. The number of hydrogen-bond acceptors (Lipinski definition) is 3. The average Bonchev–Trinajstić information content (AvgIpc) is 2.93. The smallest absolute Gasteiger partial charge is 0.170 e. The van der Waals surface area contributed by atoms with Crippen molar-refractivity contribution in [2.45, 2.75) is 25.5 Å². The van der Waals surface area contributed by atoms with Gasteiger partial charge in [-0.15, -0.1) is 6.42 Å². The van der Waals surface area contributed by atoms with Crippen molar-refractivity contribution in [3.8, 4) is 18.1 Å². The van der Waals surface area contributed by atoms with E-state index >= 15 is 0 Å². The van der Waals surface area contributed by atoms with Gasteiger partial charge in [-0.05, 0) is 49.2 Å². The molecule has 0 atom stereocenters. The minimum atomic E-state index is 0.529. The molecule has 2 aromatic carbocycles. The fourth-order valence-corrected chi connectivity index (χ4v) is 3.33. The summed E-state index contributed by atoms with van der Waals surface area (Å²) in [6.07, 6.45) is 5.50. The minimum absolute atomic E-state index is 0.529. The molecule has 0 unspecified atom stereocenters. The van der Waals surface area contributed by atoms with Gasteiger partial charge in [0.15, 0.2) is 5.16 Å². The molecule has 0 aliphatic heterocycles. The first-order valence-corrected chi connectivity index (χ1v) is 8.89. The molecule has 0 fully saturated rings. The molecule has 0 bridgehead atoms. The Balaban J connectivity index is 1.64. The fraction of sp³-hybridized carbons (Fsp3) is 0.250. The predicted molar refractivity (Wildman–Crippen MR) is 101 cm³/mol. The van der Waals surface area contributed by atoms with E-state index in [9.17, 15) is 0 Å². The molecule has 0 aliphatic rings. The lowest BCUT2D eigenvalue weighted by Gasteiger charge is -2.08. The average molecular weight is 336 g/mol. The summed E-state index contributed by atoms with van der Waals surface area (Å²) in [5.41, 5.74) is 4.58. The van der Waals surface area contributed by atoms with Gasteiger partial charge in [-0.2, -0.15) is 0 Å². The third-order valence-electron chi connectivity index (χ3n) is 3.93. The van der Waals surface area contributed by atoms with Crippen molar-refractivity contribution in [1.29, 1.82) is 0 Å². The van der Waals surface area contributed by atoms with E-state index in [1.165, 1.54) is 11.1 Å². The second-order valence-corrected chi connectivity index (χ2v) is 6.68. The van der Waals surface area contributed by atoms with Gasteiger partial charge < -0.3 is 9.30 Å². The van der Waals surface area contributed by atoms with E-state index in [1.54, 1.807) is 11.8 Å². The quantitative estimate of drug-likeness (QED) is 0.378. The molecule has 3 nitrogen and oxygen atoms in total. The van der Waals surface area contributed by atoms with E-state index in [1.807, 2.05) is 24.3 Å². The molecule has 24 heavy (non-hydrogen) atoms. The minimum Gasteiger partial charge on any atom is -0.493 e. The van der Waals surface area contributed by atoms with Crippen LogP contribution in [-0.4, -0.2) is 21.9 Å². The fourth-order valence-electron chi connectivity index (χ4n) is 2.50. The lowest BCUT2D eigenvalue weighted by atomic mass is 10.1. The molecule has 3 aromatic rings. The Hall–Kier alpha value is -2.38. The molecule has 0 amide bonds. The summed E-state index contributed by atoms with van der Waals surface area (Å²) in [5.74, 6) is 4.44. The zero-order valence-electron chi connectivity index (χ0n) is 14.0. The van der Waals surface area contributed by atoms with E-state index in [0.717, 1.165) is 27.7 Å². The van der Waals surface area contributed by atoms with Crippen LogP contribution in [0.25, 0.3) is 11.0 Å². The molecule has 0 aliphatic carbocycles. The van der Waals surface area contributed by atoms with Crippen LogP contribution in [-0.2, 0) is 6.54 Å². The first-order valence-electron chi connectivity index (χ1n) is 7.90. The van der Waals surface area contributed by atoms with Crippen molar-refractivity contribution < 1.29 is 4.74 Å². The maximum atomic E-state index is 5.84. The molecule has 122 valence electrons. The molecular weight excluding hydrogens is 316 g/mol. The van der Waals surface area contributed by atoms with Crippen molar-refractivity contribution in [2.24, 2.45) is 0 Å². The van der Waals surface area contributed by atoms with Crippen molar-refractivity contribution in [3.05, 3.63) is 53.6 Å². The van der Waals surface area contributed by atoms with Gasteiger partial charge in [0, 0.05) is 5.75 Å². The number of ether oxygens (including phenoxy) is 1. The first-order chi connectivity index (χ1) is 11.7. The number of para-hydroxylation sites is 2. The standard InChI is InChI=1S/C20H20N2OS/c1-4-11-22-19-8-6-5-7-18(19)21-20(22)24-13-12-23-17-10-9-15(2)16(3)14-17/h1,5-10,14H,11-13H2,2-3H3. The highest BCUT2D eigenvalue weighted by molar-refractivity contribution is 7.99. The molecule has 0 N–H and O–H groups in total. The summed E-state index contributed by atoms with van der Waals surface area (Å²) in [6, 6.07) is 14.2. The van der Waals surface area contributed by atoms with Crippen LogP contribution in [0.4, 0.5) is 0 Å². The Morgan fingerprint density at radius 3 is 2.79 bits per heavy atom. The summed E-state index contributed by atoms with van der Waals surface area (Å²) in [5, 5.41) is 0.942. The lowest BCUT2D eigenvalue weighted by Crippen LogP contribution is -2.03. The molecule has 4 heteroatoms. The van der Waals surface area contributed by atoms with Gasteiger partial charge in [-0.1, -0.05) is 35.9 Å². The van der Waals surface area contributed by atoms with Gasteiger partial charge in [0.1, 0.15) is 5.75 Å². The summed E-state index contributed by atoms with van der Waals surface area (Å²) < 4.78 is 7.92. The molecule has 0 saturated heterocycles. The van der Waals surface area contributed by atoms with Gasteiger partial charge >= 0.3 is 0 Å². The number of aromatic nitrogens is 2. The zero-order chi connectivity index (χ0) is 16.9. The second kappa shape index (κ2) is 7.46. The molecule has 0 spiro atoms. The Kier molecular flexibility index (Phi) is 5.12. The summed E-state index contributed by atoms with van der Waals surface area (Å²) in [6.45, 7) is 5.36. The lowest BCUT2D eigenvalue weighted by molar-refractivity contribution is 0.343. The number of nitrogens with zero attached hydrogens (tertiary/aromatic N) is 2. The Bertz CT molecular complexity index is 892. The first kappa shape index (κ1) is 16.5. The van der Waals surface area contributed by atoms with Gasteiger partial charge in [-0.25, -0.2) is 4.98 Å². The van der Waals surface area contributed by atoms with E-state index in [-0.39, 0.29) is 0 Å². The van der Waals surface area contributed by atoms with E-state index < -0.39 is 0 Å². The van der Waals surface area contributed by atoms with Crippen LogP contribution in [0.1, 0.15) is 11.1 Å². The Morgan fingerprint density at radius 1 is 1.17 bits per heavy atom. The third-order valence-corrected chi connectivity index (χ3v) is 4.87. The Morgan fingerprint density at radius 2 is 2.00 bits per heavy atom. The van der Waals surface area contributed by atoms with E-state index in [2.05, 4.69) is 47.5 Å². The van der Waals surface area contributed by atoms with Crippen LogP contribution in [0.15, 0.2) is 47.6 Å². The number of aryl methyl sites for hydroxylation is 2. The highest BCUT2D eigenvalue weighted by Gasteiger charge is 2.10. The number of benzene rings is 2. The van der Waals surface area contributed by atoms with Crippen LogP contribution in [0, 0.1) is 26.2 Å². The summed E-state index contributed by atoms with van der Waals surface area (Å²) in [4.78, 5) is 4.68. The van der Waals surface area contributed by atoms with Gasteiger partial charge in [0.05, 0.1) is 24.2 Å². The molecule has 1 aromatic heterocycles. The van der Waals surface area contributed by atoms with Crippen molar-refractivity contribution >= 4 is 22.8 Å². The maximum Gasteiger partial charge on any atom is 0.170 e. The third kappa shape index (κ3) is 3.58. The topological polar surface area (TPSA) is 27.1 Å². The number of imidazole rings is 1. The number of rotatable bonds is 6. The number of hydrogen-bond donors (Lipinski definition) is 0. The number of thioether (sulfide) groups is 1. The summed E-state index contributed by atoms with van der Waals surface area (Å²) in [7, 11) is 0.